The van der Waals surface area contributed by atoms with Crippen molar-refractivity contribution in [2.75, 3.05) is 45.8 Å². The largest absolute Gasteiger partial charge is 0.508 e. The number of nitrogens with one attached hydrogen (secondary N) is 9. The number of phenols is 1. The van der Waals surface area contributed by atoms with Crippen molar-refractivity contribution in [3.63, 3.8) is 0 Å². The van der Waals surface area contributed by atoms with Crippen LogP contribution in [-0.2, 0) is 65.6 Å². The molecule has 35 heteroatoms. The van der Waals surface area contributed by atoms with Gasteiger partial charge in [0.2, 0.25) is 65.0 Å². The van der Waals surface area contributed by atoms with Crippen LogP contribution in [0.2, 0.25) is 0 Å². The fraction of sp³-hybridized carbons (Fsp3) is 0.612. The number of benzene rings is 2. The summed E-state index contributed by atoms with van der Waals surface area (Å²) < 4.78 is 0. The fourth-order valence-corrected chi connectivity index (χ4v) is 11.2. The Labute approximate surface area is 596 Å². The summed E-state index contributed by atoms with van der Waals surface area (Å²) in [5.41, 5.74) is 58.2. The zero-order valence-corrected chi connectivity index (χ0v) is 59.3. The van der Waals surface area contributed by atoms with E-state index in [0.717, 1.165) is 0 Å². The lowest BCUT2D eigenvalue weighted by Crippen LogP contribution is -2.61. The van der Waals surface area contributed by atoms with Gasteiger partial charge in [0.25, 0.3) is 0 Å². The lowest BCUT2D eigenvalue weighted by molar-refractivity contribution is -0.142. The Bertz CT molecular complexity index is 3110. The van der Waals surface area contributed by atoms with Crippen molar-refractivity contribution < 1.29 is 57.8 Å². The van der Waals surface area contributed by atoms with Crippen LogP contribution in [0.5, 0.6) is 5.75 Å². The maximum Gasteiger partial charge on any atom is 0.245 e. The van der Waals surface area contributed by atoms with Crippen LogP contribution in [0.3, 0.4) is 0 Å². The summed E-state index contributed by atoms with van der Waals surface area (Å²) >= 11 is 0. The number of hydrogen-bond acceptors (Lipinski definition) is 18. The number of rotatable bonds is 48. The summed E-state index contributed by atoms with van der Waals surface area (Å²) in [5, 5.41) is 34.1. The molecule has 2 aromatic carbocycles. The molecule has 0 saturated carbocycles. The first kappa shape index (κ1) is 86.3. The molecule has 11 amide bonds. The summed E-state index contributed by atoms with van der Waals surface area (Å²) in [5.74, 6) is -9.86. The van der Waals surface area contributed by atoms with E-state index in [1.165, 1.54) is 17.0 Å². The summed E-state index contributed by atoms with van der Waals surface area (Å²) in [6.07, 6.45) is 3.36. The molecule has 0 spiro atoms. The number of hydrogen-bond donors (Lipinski definition) is 20. The summed E-state index contributed by atoms with van der Waals surface area (Å²) in [6.45, 7) is 7.33. The number of primary amides is 1. The topological polar surface area (TPSA) is 617 Å². The van der Waals surface area contributed by atoms with Gasteiger partial charge in [-0.05, 0) is 151 Å². The first-order chi connectivity index (χ1) is 48.5. The monoisotopic (exact) mass is 1430 g/mol. The predicted octanol–water partition coefficient (Wildman–Crippen LogP) is -4.51. The van der Waals surface area contributed by atoms with Crippen LogP contribution in [-0.4, -0.2) is 199 Å². The second-order valence-electron chi connectivity index (χ2n) is 25.9. The number of nitrogens with zero attached hydrogens (tertiary/aromatic N) is 4. The molecule has 1 aliphatic heterocycles. The Morgan fingerprint density at radius 3 is 1.47 bits per heavy atom. The molecule has 30 N–H and O–H groups in total. The molecule has 35 nitrogen and oxygen atoms in total. The lowest BCUT2D eigenvalue weighted by Gasteiger charge is -2.32. The van der Waals surface area contributed by atoms with Crippen molar-refractivity contribution in [2.24, 2.45) is 84.1 Å². The summed E-state index contributed by atoms with van der Waals surface area (Å²) in [4.78, 5) is 169. The van der Waals surface area contributed by atoms with Gasteiger partial charge < -0.3 is 115 Å². The van der Waals surface area contributed by atoms with Gasteiger partial charge in [-0.3, -0.25) is 67.7 Å². The van der Waals surface area contributed by atoms with E-state index in [1.54, 1.807) is 70.2 Å². The standard InChI is InChI=1S/C67H113N23O12/c1-5-40(4)54(63(101)86-49(23-15-33-80-67(76)77)64(102)90-34-16-24-52(90)62(100)83-45(55(71)93)19-9-11-29-68)89-59(97)48(22-14-32-79-66(74)75)84-58(96)47(21-13-31-78-65(72)73)85-60(98)50(35-39(2)3)87-61(99)51(37-41-17-7-6-8-18-41)88-57(95)46(20-10-12-30-69)82-53(92)38-81-56(94)44(70)36-42-25-27-43(91)28-26-42/h6-8,17-18,25-28,39-40,44-52,54,91H,5,9-16,19-24,29-38,68-70H2,1-4H3,(H2,71,93)(H,81,94)(H,82,92)(H,83,100)(H,84,96)(H,85,98)(H,86,101)(H,87,99)(H,88,95)(H,89,97)(H4,72,73,78)(H4,74,75,79)(H4,76,77,80)/t40-,44-,45-,46-,47-,48-,49-,50-,51-,52-,54-/m0/s1. The number of likely N-dealkylation sites (tertiary alicyclic amines) is 1. The van der Waals surface area contributed by atoms with Crippen LogP contribution in [0.15, 0.2) is 69.6 Å². The third-order valence-electron chi connectivity index (χ3n) is 17.0. The fourth-order valence-electron chi connectivity index (χ4n) is 11.2. The molecule has 568 valence electrons. The molecule has 3 rings (SSSR count). The van der Waals surface area contributed by atoms with Crippen molar-refractivity contribution in [2.45, 2.75) is 204 Å². The van der Waals surface area contributed by atoms with Gasteiger partial charge in [0, 0.05) is 32.6 Å². The number of carbonyl (C=O) groups is 11. The van der Waals surface area contributed by atoms with E-state index in [1.807, 2.05) is 0 Å². The SMILES string of the molecule is CC[C@H](C)[C@H](NC(=O)[C@H](CCCN=C(N)N)NC(=O)[C@H](CCCN=C(N)N)NC(=O)[C@H](CC(C)C)NC(=O)[C@H](Cc1ccccc1)NC(=O)[C@H](CCCCN)NC(=O)CNC(=O)[C@@H](N)Cc1ccc(O)cc1)C(=O)N[C@@H](CCCN=C(N)N)C(=O)N1CCC[C@H]1C(=O)N[C@@H](CCCCN)C(N)=O. The molecule has 11 atom stereocenters. The maximum absolute atomic E-state index is 14.9. The minimum atomic E-state index is -1.45. The Kier molecular flexibility index (Phi) is 39.4. The average Bonchev–Trinajstić information content (AvgIpc) is 1.55. The minimum Gasteiger partial charge on any atom is -0.508 e. The van der Waals surface area contributed by atoms with E-state index >= 15 is 0 Å². The van der Waals surface area contributed by atoms with Gasteiger partial charge in [0.15, 0.2) is 17.9 Å². The van der Waals surface area contributed by atoms with Gasteiger partial charge in [0.05, 0.1) is 12.6 Å². The third-order valence-corrected chi connectivity index (χ3v) is 17.0. The van der Waals surface area contributed by atoms with Gasteiger partial charge in [-0.15, -0.1) is 0 Å². The highest BCUT2D eigenvalue weighted by atomic mass is 16.3. The molecular formula is C67H113N23O12. The zero-order chi connectivity index (χ0) is 75.8. The molecule has 1 fully saturated rings. The van der Waals surface area contributed by atoms with Crippen LogP contribution < -0.4 is 105 Å². The number of unbranched alkanes of at least 4 members (excludes halogenated alkanes) is 2. The molecule has 0 aromatic heterocycles. The molecule has 0 radical (unpaired) electrons. The van der Waals surface area contributed by atoms with Gasteiger partial charge >= 0.3 is 0 Å². The lowest BCUT2D eigenvalue weighted by atomic mass is 9.96. The second-order valence-corrected chi connectivity index (χ2v) is 25.9. The van der Waals surface area contributed by atoms with Gasteiger partial charge in [0.1, 0.15) is 60.1 Å². The Balaban J connectivity index is 1.99. The maximum atomic E-state index is 14.9. The molecule has 2 aromatic rings. The first-order valence-corrected chi connectivity index (χ1v) is 34.9. The molecule has 1 aliphatic rings. The van der Waals surface area contributed by atoms with E-state index in [2.05, 4.69) is 62.8 Å². The number of aliphatic imine (C=N–C) groups is 3. The van der Waals surface area contributed by atoms with Crippen LogP contribution in [0.25, 0.3) is 0 Å². The third kappa shape index (κ3) is 32.6. The molecular weight excluding hydrogens is 1320 g/mol. The summed E-state index contributed by atoms with van der Waals surface area (Å²) in [7, 11) is 0. The Morgan fingerprint density at radius 2 is 0.961 bits per heavy atom. The van der Waals surface area contributed by atoms with Gasteiger partial charge in [-0.25, -0.2) is 0 Å². The van der Waals surface area contributed by atoms with Crippen LogP contribution in [0.1, 0.15) is 142 Å². The first-order valence-electron chi connectivity index (χ1n) is 34.9. The zero-order valence-electron chi connectivity index (χ0n) is 59.3. The number of aromatic hydroxyl groups is 1. The predicted molar refractivity (Wildman–Crippen MR) is 387 cm³/mol. The van der Waals surface area contributed by atoms with Crippen molar-refractivity contribution in [1.82, 2.24) is 52.8 Å². The Morgan fingerprint density at radius 1 is 0.510 bits per heavy atom. The average molecular weight is 1430 g/mol. The highest BCUT2D eigenvalue weighted by Crippen LogP contribution is 2.22. The molecule has 102 heavy (non-hydrogen) atoms. The van der Waals surface area contributed by atoms with E-state index in [4.69, 9.17) is 57.3 Å². The number of guanidine groups is 3. The van der Waals surface area contributed by atoms with Gasteiger partial charge in [-0.1, -0.05) is 76.6 Å². The summed E-state index contributed by atoms with van der Waals surface area (Å²) in [6, 6.07) is 2.18. The van der Waals surface area contributed by atoms with Crippen molar-refractivity contribution in [3.8, 4) is 5.75 Å². The van der Waals surface area contributed by atoms with Crippen LogP contribution >= 0.6 is 0 Å². The molecule has 0 unspecified atom stereocenters. The Hall–Kier alpha value is -9.90. The number of carbonyl (C=O) groups excluding carboxylic acids is 11. The second kappa shape index (κ2) is 46.5. The van der Waals surface area contributed by atoms with E-state index in [-0.39, 0.29) is 139 Å². The van der Waals surface area contributed by atoms with Gasteiger partial charge in [-0.2, -0.15) is 0 Å². The molecule has 1 saturated heterocycles. The van der Waals surface area contributed by atoms with E-state index in [0.29, 0.717) is 56.2 Å². The van der Waals surface area contributed by atoms with Crippen molar-refractivity contribution in [3.05, 3.63) is 65.7 Å². The van der Waals surface area contributed by atoms with Crippen LogP contribution in [0.4, 0.5) is 0 Å². The quantitative estimate of drug-likeness (QED) is 0.0169. The number of phenolic OH excluding ortho intramolecular Hbond substituents is 1. The van der Waals surface area contributed by atoms with Crippen molar-refractivity contribution in [1.29, 1.82) is 0 Å². The normalized spacial score (nSPS) is 15.5. The van der Waals surface area contributed by atoms with Crippen molar-refractivity contribution >= 4 is 82.9 Å². The van der Waals surface area contributed by atoms with E-state index in [9.17, 15) is 57.8 Å². The van der Waals surface area contributed by atoms with Crippen LogP contribution in [0, 0.1) is 11.8 Å². The number of amides is 11. The number of nitrogens with two attached hydrogens (primary N) is 10. The highest BCUT2D eigenvalue weighted by Gasteiger charge is 2.41. The highest BCUT2D eigenvalue weighted by molar-refractivity contribution is 5.99. The molecule has 0 aliphatic carbocycles. The van der Waals surface area contributed by atoms with E-state index < -0.39 is 138 Å². The molecule has 1 heterocycles. The minimum absolute atomic E-state index is 0.00172. The molecule has 0 bridgehead atoms. The smallest absolute Gasteiger partial charge is 0.245 e.